The van der Waals surface area contributed by atoms with Crippen LogP contribution in [-0.4, -0.2) is 0 Å². The highest BCUT2D eigenvalue weighted by atomic mass is 31.2. The monoisotopic (exact) mass is 801 g/mol. The van der Waals surface area contributed by atoms with E-state index in [1.807, 2.05) is 18.2 Å². The molecule has 5 heteroatoms. The molecule has 0 rings (SSSR count). The van der Waals surface area contributed by atoms with Crippen molar-refractivity contribution in [3.63, 3.8) is 0 Å². The fraction of sp³-hybridized carbons (Fsp3) is 0.765. The van der Waals surface area contributed by atoms with E-state index in [0.717, 1.165) is 77.0 Å². The molecule has 0 aromatic heterocycles. The second-order valence-corrected chi connectivity index (χ2v) is 17.3. The molecule has 0 aromatic carbocycles. The first-order valence-electron chi connectivity index (χ1n) is 24.3. The Balaban J connectivity index is 6.73. The van der Waals surface area contributed by atoms with Gasteiger partial charge < -0.3 is 13.6 Å². The van der Waals surface area contributed by atoms with Gasteiger partial charge in [0.2, 0.25) is 0 Å². The highest BCUT2D eigenvalue weighted by molar-refractivity contribution is 7.48. The third-order valence-electron chi connectivity index (χ3n) is 10.1. The molecule has 0 heterocycles. The molecule has 0 saturated carbocycles. The van der Waals surface area contributed by atoms with Crippen molar-refractivity contribution in [1.29, 1.82) is 0 Å². The molecule has 0 aliphatic rings. The van der Waals surface area contributed by atoms with Gasteiger partial charge in [0.1, 0.15) is 17.3 Å². The van der Waals surface area contributed by atoms with Crippen LogP contribution in [0.1, 0.15) is 253 Å². The van der Waals surface area contributed by atoms with Gasteiger partial charge in [-0.3, -0.25) is 0 Å². The van der Waals surface area contributed by atoms with Crippen molar-refractivity contribution in [3.05, 3.63) is 72.0 Å². The highest BCUT2D eigenvalue weighted by Crippen LogP contribution is 2.55. The molecule has 4 nitrogen and oxygen atoms in total. The molecule has 326 valence electrons. The average Bonchev–Trinajstić information content (AvgIpc) is 3.19. The number of allylic oxidation sites excluding steroid dienone is 9. The number of hydrogen-bond acceptors (Lipinski definition) is 4. The summed E-state index contributed by atoms with van der Waals surface area (Å²) >= 11 is 0. The number of phosphoric acid groups is 1. The molecule has 0 amide bonds. The summed E-state index contributed by atoms with van der Waals surface area (Å²) in [5.41, 5.74) is 0. The van der Waals surface area contributed by atoms with Crippen LogP contribution in [0.5, 0.6) is 0 Å². The van der Waals surface area contributed by atoms with Crippen molar-refractivity contribution < 1.29 is 18.1 Å². The van der Waals surface area contributed by atoms with Crippen LogP contribution < -0.4 is 0 Å². The van der Waals surface area contributed by atoms with Gasteiger partial charge in [0.25, 0.3) is 0 Å². The lowest BCUT2D eigenvalue weighted by Crippen LogP contribution is -2.00. The minimum Gasteiger partial charge on any atom is -0.386 e. The van der Waals surface area contributed by atoms with E-state index in [4.69, 9.17) is 13.6 Å². The summed E-state index contributed by atoms with van der Waals surface area (Å²) in [5, 5.41) is 0. The Bertz CT molecular complexity index is 948. The molecule has 0 atom stereocenters. The Kier molecular flexibility index (Phi) is 41.2. The van der Waals surface area contributed by atoms with Crippen LogP contribution in [0.2, 0.25) is 0 Å². The van der Waals surface area contributed by atoms with E-state index in [0.29, 0.717) is 17.3 Å². The van der Waals surface area contributed by atoms with Crippen LogP contribution in [0.25, 0.3) is 0 Å². The fourth-order valence-electron chi connectivity index (χ4n) is 6.49. The Morgan fingerprint density at radius 3 is 0.786 bits per heavy atom. The number of unbranched alkanes of at least 4 members (excludes halogenated alkanes) is 27. The molecule has 0 radical (unpaired) electrons. The summed E-state index contributed by atoms with van der Waals surface area (Å²) in [7, 11) is -4.14. The van der Waals surface area contributed by atoms with Crippen LogP contribution in [0, 0.1) is 0 Å². The summed E-state index contributed by atoms with van der Waals surface area (Å²) in [6.07, 6.45) is 56.9. The van der Waals surface area contributed by atoms with Gasteiger partial charge in [-0.25, -0.2) is 0 Å². The van der Waals surface area contributed by atoms with E-state index in [-0.39, 0.29) is 0 Å². The molecular formula is C51H93O4P. The Hall–Kier alpha value is -1.93. The molecule has 0 N–H and O–H groups in total. The maximum Gasteiger partial charge on any atom is 0.647 e. The SMILES string of the molecule is CCCCCC/C=C/C(=C\CCCCCCC)OP(=O)(OC(/C=C/CCCCCC)=C/CCCCCCC)OC(/C=C/CCCCCC)=C/CCCCCCC. The Labute approximate surface area is 350 Å². The van der Waals surface area contributed by atoms with Gasteiger partial charge in [-0.05, 0) is 114 Å². The Morgan fingerprint density at radius 1 is 0.321 bits per heavy atom. The minimum atomic E-state index is -4.14. The first kappa shape index (κ1) is 54.1. The summed E-state index contributed by atoms with van der Waals surface area (Å²) in [6.45, 7) is 13.5. The predicted molar refractivity (Wildman–Crippen MR) is 249 cm³/mol. The molecular weight excluding hydrogens is 708 g/mol. The highest BCUT2D eigenvalue weighted by Gasteiger charge is 2.34. The largest absolute Gasteiger partial charge is 0.647 e. The summed E-state index contributed by atoms with van der Waals surface area (Å²) in [4.78, 5) is 0. The molecule has 0 fully saturated rings. The molecule has 0 aliphatic carbocycles. The van der Waals surface area contributed by atoms with E-state index >= 15 is 4.57 Å². The van der Waals surface area contributed by atoms with E-state index in [1.165, 1.54) is 135 Å². The van der Waals surface area contributed by atoms with Gasteiger partial charge in [0.05, 0.1) is 0 Å². The third-order valence-corrected chi connectivity index (χ3v) is 11.4. The number of phosphoric ester groups is 1. The second kappa shape index (κ2) is 42.7. The molecule has 0 unspecified atom stereocenters. The van der Waals surface area contributed by atoms with E-state index in [2.05, 4.69) is 78.0 Å². The fourth-order valence-corrected chi connectivity index (χ4v) is 7.78. The van der Waals surface area contributed by atoms with Crippen molar-refractivity contribution in [2.75, 3.05) is 0 Å². The quantitative estimate of drug-likeness (QED) is 0.0267. The van der Waals surface area contributed by atoms with Crippen molar-refractivity contribution >= 4 is 7.82 Å². The second-order valence-electron chi connectivity index (χ2n) is 15.9. The van der Waals surface area contributed by atoms with Crippen molar-refractivity contribution in [3.8, 4) is 0 Å². The zero-order chi connectivity index (χ0) is 41.1. The van der Waals surface area contributed by atoms with Crippen molar-refractivity contribution in [1.82, 2.24) is 0 Å². The maximum atomic E-state index is 15.2. The van der Waals surface area contributed by atoms with Gasteiger partial charge in [-0.1, -0.05) is 195 Å². The summed E-state index contributed by atoms with van der Waals surface area (Å²) in [5.74, 6) is 1.76. The standard InChI is InChI=1S/C51H93O4P/c1-7-13-19-25-31-37-43-49(44-38-32-26-20-14-8-2)53-56(52,54-50(45-39-33-27-21-15-9-3)46-40-34-28-22-16-10-4)55-51(47-41-35-29-23-17-11-5)48-42-36-30-24-18-12-6/h37,39,41,43-48H,7-36,38,40,42H2,1-6H3/b43-37+,45-39+,47-41+,49-44+,50-46+,51-48+. The number of rotatable bonds is 42. The normalized spacial score (nSPS) is 13.2. The zero-order valence-electron chi connectivity index (χ0n) is 38.1. The average molecular weight is 801 g/mol. The van der Waals surface area contributed by atoms with Gasteiger partial charge in [0.15, 0.2) is 0 Å². The van der Waals surface area contributed by atoms with Crippen LogP contribution in [0.4, 0.5) is 0 Å². The lowest BCUT2D eigenvalue weighted by atomic mass is 10.1. The van der Waals surface area contributed by atoms with Crippen molar-refractivity contribution in [2.24, 2.45) is 0 Å². The molecule has 0 spiro atoms. The summed E-state index contributed by atoms with van der Waals surface area (Å²) in [6, 6.07) is 0. The first-order chi connectivity index (χ1) is 27.5. The third kappa shape index (κ3) is 36.4. The lowest BCUT2D eigenvalue weighted by molar-refractivity contribution is 0.204. The van der Waals surface area contributed by atoms with Gasteiger partial charge in [0, 0.05) is 0 Å². The lowest BCUT2D eigenvalue weighted by Gasteiger charge is -2.21. The van der Waals surface area contributed by atoms with Crippen LogP contribution in [-0.2, 0) is 18.1 Å². The molecule has 56 heavy (non-hydrogen) atoms. The first-order valence-corrected chi connectivity index (χ1v) is 25.7. The topological polar surface area (TPSA) is 44.8 Å². The summed E-state index contributed by atoms with van der Waals surface area (Å²) < 4.78 is 34.8. The Morgan fingerprint density at radius 2 is 0.536 bits per heavy atom. The zero-order valence-corrected chi connectivity index (χ0v) is 39.0. The predicted octanol–water partition coefficient (Wildman–Crippen LogP) is 19.5. The van der Waals surface area contributed by atoms with Gasteiger partial charge in [-0.15, -0.1) is 0 Å². The molecule has 0 aromatic rings. The van der Waals surface area contributed by atoms with Crippen LogP contribution in [0.3, 0.4) is 0 Å². The van der Waals surface area contributed by atoms with Gasteiger partial charge >= 0.3 is 7.82 Å². The maximum absolute atomic E-state index is 15.2. The van der Waals surface area contributed by atoms with E-state index in [9.17, 15) is 0 Å². The molecule has 0 saturated heterocycles. The van der Waals surface area contributed by atoms with Crippen LogP contribution in [0.15, 0.2) is 72.0 Å². The molecule has 0 bridgehead atoms. The van der Waals surface area contributed by atoms with Crippen molar-refractivity contribution in [2.45, 2.75) is 253 Å². The smallest absolute Gasteiger partial charge is 0.386 e. The van der Waals surface area contributed by atoms with E-state index in [1.54, 1.807) is 0 Å². The van der Waals surface area contributed by atoms with Gasteiger partial charge in [-0.2, -0.15) is 4.57 Å². The number of hydrogen-bond donors (Lipinski definition) is 0. The van der Waals surface area contributed by atoms with Crippen LogP contribution >= 0.6 is 7.82 Å². The van der Waals surface area contributed by atoms with E-state index < -0.39 is 7.82 Å². The minimum absolute atomic E-state index is 0.587. The molecule has 0 aliphatic heterocycles.